The molecule has 1 aromatic heterocycles. The lowest BCUT2D eigenvalue weighted by Crippen LogP contribution is -2.23. The minimum atomic E-state index is 0.00547. The second kappa shape index (κ2) is 5.44. The molecule has 0 aliphatic heterocycles. The highest BCUT2D eigenvalue weighted by atomic mass is 32.1. The quantitative estimate of drug-likeness (QED) is 0.830. The monoisotopic (exact) mass is 252 g/mol. The van der Waals surface area contributed by atoms with Crippen LogP contribution in [0.25, 0.3) is 11.0 Å². The highest BCUT2D eigenvalue weighted by molar-refractivity contribution is 7.71. The molecule has 1 aromatic carbocycles. The Labute approximate surface area is 105 Å². The van der Waals surface area contributed by atoms with Gasteiger partial charge in [-0.25, -0.2) is 0 Å². The molecule has 17 heavy (non-hydrogen) atoms. The molecule has 2 rings (SSSR count). The van der Waals surface area contributed by atoms with Gasteiger partial charge >= 0.3 is 0 Å². The van der Waals surface area contributed by atoms with Gasteiger partial charge in [0.25, 0.3) is 0 Å². The van der Waals surface area contributed by atoms with Crippen LogP contribution in [0.4, 0.5) is 0 Å². The minimum Gasteiger partial charge on any atom is -0.382 e. The number of H-pyrrole nitrogens is 1. The van der Waals surface area contributed by atoms with Crippen LogP contribution in [0.15, 0.2) is 24.3 Å². The van der Waals surface area contributed by atoms with E-state index in [0.717, 1.165) is 11.0 Å². The second-order valence-corrected chi connectivity index (χ2v) is 4.26. The fourth-order valence-corrected chi connectivity index (χ4v) is 2.16. The van der Waals surface area contributed by atoms with Gasteiger partial charge in [-0.2, -0.15) is 0 Å². The Morgan fingerprint density at radius 1 is 1.35 bits per heavy atom. The van der Waals surface area contributed by atoms with Gasteiger partial charge in [-0.1, -0.05) is 12.1 Å². The standard InChI is InChI=1S/C12H16N2O2S/c1-15-8-9(16-2)7-14-11-6-4-3-5-10(11)13-12(14)17/h3-6,9H,7-8H2,1-2H3,(H,13,17). The maximum Gasteiger partial charge on any atom is 0.178 e. The maximum absolute atomic E-state index is 5.36. The first-order chi connectivity index (χ1) is 8.26. The number of methoxy groups -OCH3 is 2. The Morgan fingerprint density at radius 2 is 2.12 bits per heavy atom. The lowest BCUT2D eigenvalue weighted by atomic mass is 10.3. The molecule has 0 fully saturated rings. The van der Waals surface area contributed by atoms with Crippen LogP contribution in [0.2, 0.25) is 0 Å². The number of nitrogens with zero attached hydrogens (tertiary/aromatic N) is 1. The van der Waals surface area contributed by atoms with Crippen molar-refractivity contribution < 1.29 is 9.47 Å². The Balaban J connectivity index is 2.34. The summed E-state index contributed by atoms with van der Waals surface area (Å²) in [6.07, 6.45) is 0.00547. The zero-order chi connectivity index (χ0) is 12.3. The van der Waals surface area contributed by atoms with Crippen molar-refractivity contribution in [3.05, 3.63) is 29.0 Å². The number of rotatable bonds is 5. The minimum absolute atomic E-state index is 0.00547. The molecule has 0 aliphatic carbocycles. The van der Waals surface area contributed by atoms with Crippen molar-refractivity contribution in [1.29, 1.82) is 0 Å². The number of hydrogen-bond acceptors (Lipinski definition) is 3. The number of hydrogen-bond donors (Lipinski definition) is 1. The van der Waals surface area contributed by atoms with E-state index in [2.05, 4.69) is 4.98 Å². The molecule has 0 saturated carbocycles. The summed E-state index contributed by atoms with van der Waals surface area (Å²) in [7, 11) is 3.35. The summed E-state index contributed by atoms with van der Waals surface area (Å²) >= 11 is 5.31. The fraction of sp³-hybridized carbons (Fsp3) is 0.417. The van der Waals surface area contributed by atoms with Crippen LogP contribution < -0.4 is 0 Å². The molecule has 0 spiro atoms. The third kappa shape index (κ3) is 2.57. The molecule has 0 saturated heterocycles. The summed E-state index contributed by atoms with van der Waals surface area (Å²) < 4.78 is 13.2. The Kier molecular flexibility index (Phi) is 3.93. The van der Waals surface area contributed by atoms with Gasteiger partial charge in [-0.05, 0) is 24.4 Å². The van der Waals surface area contributed by atoms with E-state index >= 15 is 0 Å². The molecule has 1 unspecified atom stereocenters. The van der Waals surface area contributed by atoms with E-state index in [1.165, 1.54) is 0 Å². The SMILES string of the molecule is COCC(Cn1c(=S)[nH]c2ccccc21)OC. The van der Waals surface area contributed by atoms with E-state index in [1.807, 2.05) is 28.8 Å². The van der Waals surface area contributed by atoms with Crippen LogP contribution in [0.3, 0.4) is 0 Å². The predicted octanol–water partition coefficient (Wildman–Crippen LogP) is 2.36. The molecule has 92 valence electrons. The average molecular weight is 252 g/mol. The average Bonchev–Trinajstić information content (AvgIpc) is 2.65. The van der Waals surface area contributed by atoms with Gasteiger partial charge in [0.15, 0.2) is 4.77 Å². The Morgan fingerprint density at radius 3 is 2.82 bits per heavy atom. The third-order valence-electron chi connectivity index (χ3n) is 2.75. The molecule has 0 bridgehead atoms. The molecule has 4 nitrogen and oxygen atoms in total. The number of para-hydroxylation sites is 2. The van der Waals surface area contributed by atoms with Gasteiger partial charge in [0, 0.05) is 14.2 Å². The first kappa shape index (κ1) is 12.3. The third-order valence-corrected chi connectivity index (χ3v) is 3.08. The van der Waals surface area contributed by atoms with Crippen LogP contribution >= 0.6 is 12.2 Å². The van der Waals surface area contributed by atoms with Crippen molar-refractivity contribution in [1.82, 2.24) is 9.55 Å². The lowest BCUT2D eigenvalue weighted by molar-refractivity contribution is 0.0188. The van der Waals surface area contributed by atoms with Crippen molar-refractivity contribution in [3.63, 3.8) is 0 Å². The molecule has 2 aromatic rings. The molecule has 0 radical (unpaired) electrons. The van der Waals surface area contributed by atoms with Crippen LogP contribution in [0, 0.1) is 4.77 Å². The van der Waals surface area contributed by atoms with E-state index in [-0.39, 0.29) is 6.10 Å². The number of aromatic nitrogens is 2. The largest absolute Gasteiger partial charge is 0.382 e. The van der Waals surface area contributed by atoms with Crippen LogP contribution in [-0.4, -0.2) is 36.5 Å². The van der Waals surface area contributed by atoms with Gasteiger partial charge in [0.2, 0.25) is 0 Å². The van der Waals surface area contributed by atoms with E-state index in [1.54, 1.807) is 14.2 Å². The normalized spacial score (nSPS) is 13.1. The van der Waals surface area contributed by atoms with Crippen LogP contribution in [-0.2, 0) is 16.0 Å². The van der Waals surface area contributed by atoms with Crippen molar-refractivity contribution >= 4 is 23.3 Å². The molecule has 1 N–H and O–H groups in total. The van der Waals surface area contributed by atoms with E-state index in [0.29, 0.717) is 17.9 Å². The first-order valence-corrected chi connectivity index (χ1v) is 5.86. The Hall–Kier alpha value is -1.17. The highest BCUT2D eigenvalue weighted by Crippen LogP contribution is 2.14. The topological polar surface area (TPSA) is 39.2 Å². The van der Waals surface area contributed by atoms with E-state index in [4.69, 9.17) is 21.7 Å². The van der Waals surface area contributed by atoms with E-state index in [9.17, 15) is 0 Å². The van der Waals surface area contributed by atoms with Crippen molar-refractivity contribution in [3.8, 4) is 0 Å². The lowest BCUT2D eigenvalue weighted by Gasteiger charge is -2.15. The molecule has 1 heterocycles. The van der Waals surface area contributed by atoms with Gasteiger partial charge in [-0.15, -0.1) is 0 Å². The molecule has 1 atom stereocenters. The number of aromatic amines is 1. The number of imidazole rings is 1. The Bertz CT molecular complexity index is 547. The van der Waals surface area contributed by atoms with E-state index < -0.39 is 0 Å². The van der Waals surface area contributed by atoms with Crippen molar-refractivity contribution in [2.45, 2.75) is 12.6 Å². The first-order valence-electron chi connectivity index (χ1n) is 5.45. The molecular weight excluding hydrogens is 236 g/mol. The molecule has 5 heteroatoms. The number of benzene rings is 1. The smallest absolute Gasteiger partial charge is 0.178 e. The van der Waals surface area contributed by atoms with Crippen molar-refractivity contribution in [2.24, 2.45) is 0 Å². The summed E-state index contributed by atoms with van der Waals surface area (Å²) in [6, 6.07) is 8.04. The molecule has 0 amide bonds. The van der Waals surface area contributed by atoms with Crippen LogP contribution in [0.5, 0.6) is 0 Å². The number of nitrogens with one attached hydrogen (secondary N) is 1. The summed E-state index contributed by atoms with van der Waals surface area (Å²) in [4.78, 5) is 3.18. The number of ether oxygens (including phenoxy) is 2. The summed E-state index contributed by atoms with van der Waals surface area (Å²) in [5.74, 6) is 0. The van der Waals surface area contributed by atoms with Crippen molar-refractivity contribution in [2.75, 3.05) is 20.8 Å². The highest BCUT2D eigenvalue weighted by Gasteiger charge is 2.11. The fourth-order valence-electron chi connectivity index (χ4n) is 1.87. The zero-order valence-corrected chi connectivity index (χ0v) is 10.8. The van der Waals surface area contributed by atoms with Crippen LogP contribution in [0.1, 0.15) is 0 Å². The summed E-state index contributed by atoms with van der Waals surface area (Å²) in [5, 5.41) is 0. The molecular formula is C12H16N2O2S. The predicted molar refractivity (Wildman–Crippen MR) is 69.8 cm³/mol. The zero-order valence-electron chi connectivity index (χ0n) is 9.97. The summed E-state index contributed by atoms with van der Waals surface area (Å²) in [5.41, 5.74) is 2.14. The maximum atomic E-state index is 5.36. The summed E-state index contributed by atoms with van der Waals surface area (Å²) in [6.45, 7) is 1.24. The van der Waals surface area contributed by atoms with Gasteiger partial charge in [0.05, 0.1) is 30.3 Å². The van der Waals surface area contributed by atoms with Gasteiger partial charge in [0.1, 0.15) is 0 Å². The number of fused-ring (bicyclic) bond motifs is 1. The van der Waals surface area contributed by atoms with Gasteiger partial charge < -0.3 is 19.0 Å². The van der Waals surface area contributed by atoms with Gasteiger partial charge in [-0.3, -0.25) is 0 Å². The second-order valence-electron chi connectivity index (χ2n) is 3.87. The molecule has 0 aliphatic rings.